The lowest BCUT2D eigenvalue weighted by Crippen LogP contribution is -2.37. The average molecular weight is 536 g/mol. The van der Waals surface area contributed by atoms with Crippen molar-refractivity contribution in [3.05, 3.63) is 63.6 Å². The Morgan fingerprint density at radius 3 is 2.53 bits per heavy atom. The van der Waals surface area contributed by atoms with E-state index in [1.807, 2.05) is 30.0 Å². The zero-order chi connectivity index (χ0) is 24.1. The summed E-state index contributed by atoms with van der Waals surface area (Å²) >= 11 is 3.52. The van der Waals surface area contributed by atoms with Crippen molar-refractivity contribution in [1.82, 2.24) is 15.0 Å². The maximum absolute atomic E-state index is 13.2. The summed E-state index contributed by atoms with van der Waals surface area (Å²) in [6.45, 7) is 4.24. The number of aryl methyl sites for hydroxylation is 1. The second-order valence-electron chi connectivity index (χ2n) is 7.45. The first-order chi connectivity index (χ1) is 16.3. The fraction of sp³-hybridized carbons (Fsp3) is 0.273. The van der Waals surface area contributed by atoms with Crippen LogP contribution in [0.25, 0.3) is 0 Å². The lowest BCUT2D eigenvalue weighted by atomic mass is 10.1. The topological polar surface area (TPSA) is 87.6 Å². The molecule has 2 aromatic carbocycles. The fourth-order valence-corrected chi connectivity index (χ4v) is 3.84. The van der Waals surface area contributed by atoms with E-state index in [0.29, 0.717) is 32.3 Å². The number of nitrogens with zero attached hydrogens (tertiary/aromatic N) is 5. The van der Waals surface area contributed by atoms with Crippen molar-refractivity contribution >= 4 is 45.7 Å². The van der Waals surface area contributed by atoms with Gasteiger partial charge in [-0.1, -0.05) is 24.3 Å². The van der Waals surface area contributed by atoms with Crippen LogP contribution in [0.15, 0.2) is 52.0 Å². The number of hydrazone groups is 1. The summed E-state index contributed by atoms with van der Waals surface area (Å²) in [5.41, 5.74) is 3.60. The number of hydrogen-bond donors (Lipinski definition) is 2. The first kappa shape index (κ1) is 23.9. The Balaban J connectivity index is 1.61. The highest BCUT2D eigenvalue weighted by Crippen LogP contribution is 2.31. The van der Waals surface area contributed by atoms with Gasteiger partial charge in [-0.05, 0) is 46.6 Å². The third-order valence-corrected chi connectivity index (χ3v) is 5.58. The minimum absolute atomic E-state index is 0.0770. The van der Waals surface area contributed by atoms with Gasteiger partial charge in [0.1, 0.15) is 0 Å². The summed E-state index contributed by atoms with van der Waals surface area (Å²) in [6.07, 6.45) is -3.40. The number of benzene rings is 2. The Hall–Kier alpha value is -3.25. The zero-order valence-electron chi connectivity index (χ0n) is 18.1. The normalized spacial score (nSPS) is 14.4. The van der Waals surface area contributed by atoms with Crippen LogP contribution in [0.3, 0.4) is 0 Å². The van der Waals surface area contributed by atoms with Crippen molar-refractivity contribution in [2.24, 2.45) is 5.10 Å². The van der Waals surface area contributed by atoms with Gasteiger partial charge in [-0.25, -0.2) is 5.43 Å². The lowest BCUT2D eigenvalue weighted by Gasteiger charge is -2.27. The number of hydrogen-bond acceptors (Lipinski definition) is 8. The Kier molecular flexibility index (Phi) is 7.27. The van der Waals surface area contributed by atoms with Gasteiger partial charge in [-0.2, -0.15) is 33.2 Å². The molecule has 0 radical (unpaired) electrons. The van der Waals surface area contributed by atoms with E-state index >= 15 is 0 Å². The van der Waals surface area contributed by atoms with Gasteiger partial charge < -0.3 is 15.0 Å². The van der Waals surface area contributed by atoms with Gasteiger partial charge in [0.2, 0.25) is 17.8 Å². The predicted molar refractivity (Wildman–Crippen MR) is 128 cm³/mol. The highest BCUT2D eigenvalue weighted by atomic mass is 79.9. The summed E-state index contributed by atoms with van der Waals surface area (Å²) in [5.74, 6) is 0.745. The lowest BCUT2D eigenvalue weighted by molar-refractivity contribution is -0.137. The highest BCUT2D eigenvalue weighted by Gasteiger charge is 2.32. The molecule has 8 nitrogen and oxygen atoms in total. The SMILES string of the molecule is Cc1ccc(Nc2nc(N/N=C/c3ccccc3C(F)(F)F)nc(N3CCOCC3)n2)c(Br)c1. The maximum Gasteiger partial charge on any atom is 0.417 e. The number of anilines is 4. The number of morpholine rings is 1. The molecule has 4 rings (SSSR count). The number of ether oxygens (including phenoxy) is 1. The van der Waals surface area contributed by atoms with Crippen molar-refractivity contribution in [1.29, 1.82) is 0 Å². The van der Waals surface area contributed by atoms with Gasteiger partial charge in [-0.3, -0.25) is 0 Å². The summed E-state index contributed by atoms with van der Waals surface area (Å²) in [6, 6.07) is 11.0. The minimum atomic E-state index is -4.49. The summed E-state index contributed by atoms with van der Waals surface area (Å²) < 4.78 is 45.9. The van der Waals surface area contributed by atoms with E-state index < -0.39 is 11.7 Å². The summed E-state index contributed by atoms with van der Waals surface area (Å²) in [4.78, 5) is 15.2. The number of aromatic nitrogens is 3. The number of rotatable bonds is 6. The molecule has 0 unspecified atom stereocenters. The van der Waals surface area contributed by atoms with E-state index in [1.54, 1.807) is 0 Å². The van der Waals surface area contributed by atoms with Gasteiger partial charge in [0.05, 0.1) is 30.7 Å². The number of alkyl halides is 3. The molecule has 0 atom stereocenters. The van der Waals surface area contributed by atoms with Crippen LogP contribution < -0.4 is 15.6 Å². The molecule has 0 amide bonds. The van der Waals surface area contributed by atoms with Gasteiger partial charge in [0.25, 0.3) is 0 Å². The molecule has 0 spiro atoms. The molecule has 2 heterocycles. The zero-order valence-corrected chi connectivity index (χ0v) is 19.7. The molecule has 12 heteroatoms. The molecule has 2 N–H and O–H groups in total. The third-order valence-electron chi connectivity index (χ3n) is 4.92. The molecular formula is C22H21BrF3N7O. The highest BCUT2D eigenvalue weighted by molar-refractivity contribution is 9.10. The average Bonchev–Trinajstić information content (AvgIpc) is 2.81. The molecule has 178 valence electrons. The molecule has 0 saturated carbocycles. The third kappa shape index (κ3) is 6.00. The Morgan fingerprint density at radius 2 is 1.79 bits per heavy atom. The van der Waals surface area contributed by atoms with E-state index in [9.17, 15) is 13.2 Å². The van der Waals surface area contributed by atoms with E-state index in [-0.39, 0.29) is 17.5 Å². The molecule has 0 aliphatic carbocycles. The molecule has 1 aliphatic rings. The van der Waals surface area contributed by atoms with E-state index in [1.165, 1.54) is 18.2 Å². The number of halogens is 4. The fourth-order valence-electron chi connectivity index (χ4n) is 3.24. The van der Waals surface area contributed by atoms with Crippen molar-refractivity contribution in [2.75, 3.05) is 41.9 Å². The molecule has 1 saturated heterocycles. The maximum atomic E-state index is 13.2. The predicted octanol–water partition coefficient (Wildman–Crippen LogP) is 4.99. The van der Waals surface area contributed by atoms with Crippen LogP contribution in [0, 0.1) is 6.92 Å². The van der Waals surface area contributed by atoms with Crippen LogP contribution in [-0.2, 0) is 10.9 Å². The summed E-state index contributed by atoms with van der Waals surface area (Å²) in [7, 11) is 0. The second-order valence-corrected chi connectivity index (χ2v) is 8.30. The smallest absolute Gasteiger partial charge is 0.378 e. The number of nitrogens with one attached hydrogen (secondary N) is 2. The molecule has 34 heavy (non-hydrogen) atoms. The van der Waals surface area contributed by atoms with Gasteiger partial charge in [0.15, 0.2) is 0 Å². The monoisotopic (exact) mass is 535 g/mol. The van der Waals surface area contributed by atoms with Crippen molar-refractivity contribution in [3.63, 3.8) is 0 Å². The minimum Gasteiger partial charge on any atom is -0.378 e. The van der Waals surface area contributed by atoms with E-state index in [2.05, 4.69) is 46.7 Å². The van der Waals surface area contributed by atoms with Crippen LogP contribution in [-0.4, -0.2) is 47.5 Å². The van der Waals surface area contributed by atoms with Gasteiger partial charge >= 0.3 is 6.18 Å². The van der Waals surface area contributed by atoms with Crippen LogP contribution in [0.2, 0.25) is 0 Å². The molecule has 0 bridgehead atoms. The molecule has 1 aromatic heterocycles. The van der Waals surface area contributed by atoms with Crippen LogP contribution in [0.1, 0.15) is 16.7 Å². The largest absolute Gasteiger partial charge is 0.417 e. The Morgan fingerprint density at radius 1 is 1.06 bits per heavy atom. The van der Waals surface area contributed by atoms with Crippen LogP contribution in [0.5, 0.6) is 0 Å². The van der Waals surface area contributed by atoms with Crippen LogP contribution >= 0.6 is 15.9 Å². The Bertz CT molecular complexity index is 1180. The standard InChI is InChI=1S/C22H21BrF3N7O/c1-14-6-7-18(17(23)12-14)28-19-29-20(31-21(30-19)33-8-10-34-11-9-33)32-27-13-15-4-2-3-5-16(15)22(24,25)26/h2-7,12-13H,8-11H2,1H3,(H2,28,29,30,31,32)/b27-13+. The second kappa shape index (κ2) is 10.3. The van der Waals surface area contributed by atoms with Crippen LogP contribution in [0.4, 0.5) is 36.7 Å². The quantitative estimate of drug-likeness (QED) is 0.339. The summed E-state index contributed by atoms with van der Waals surface area (Å²) in [5, 5.41) is 7.09. The molecule has 1 fully saturated rings. The van der Waals surface area contributed by atoms with Crippen molar-refractivity contribution in [3.8, 4) is 0 Å². The van der Waals surface area contributed by atoms with E-state index in [0.717, 1.165) is 28.0 Å². The molecule has 3 aromatic rings. The van der Waals surface area contributed by atoms with Crippen molar-refractivity contribution in [2.45, 2.75) is 13.1 Å². The Labute approximate surface area is 202 Å². The van der Waals surface area contributed by atoms with Gasteiger partial charge in [-0.15, -0.1) is 0 Å². The van der Waals surface area contributed by atoms with Crippen molar-refractivity contribution < 1.29 is 17.9 Å². The van der Waals surface area contributed by atoms with E-state index in [4.69, 9.17) is 4.74 Å². The van der Waals surface area contributed by atoms with Gasteiger partial charge in [0, 0.05) is 23.1 Å². The first-order valence-electron chi connectivity index (χ1n) is 10.4. The molecule has 1 aliphatic heterocycles. The molecular weight excluding hydrogens is 515 g/mol. The first-order valence-corrected chi connectivity index (χ1v) is 11.2.